The van der Waals surface area contributed by atoms with Crippen LogP contribution >= 0.6 is 11.3 Å². The first kappa shape index (κ1) is 19.1. The fourth-order valence-electron chi connectivity index (χ4n) is 3.36. The van der Waals surface area contributed by atoms with Crippen molar-refractivity contribution in [1.29, 1.82) is 0 Å². The van der Waals surface area contributed by atoms with Crippen molar-refractivity contribution in [2.24, 2.45) is 0 Å². The Balaban J connectivity index is 1.42. The lowest BCUT2D eigenvalue weighted by Crippen LogP contribution is -2.22. The van der Waals surface area contributed by atoms with Gasteiger partial charge in [0.25, 0.3) is 5.91 Å². The highest BCUT2D eigenvalue weighted by molar-refractivity contribution is 7.17. The van der Waals surface area contributed by atoms with Gasteiger partial charge in [-0.2, -0.15) is 0 Å². The molecule has 1 N–H and O–H groups in total. The maximum atomic E-state index is 12.3. The van der Waals surface area contributed by atoms with E-state index in [1.807, 2.05) is 18.2 Å². The monoisotopic (exact) mass is 410 g/mol. The van der Waals surface area contributed by atoms with Crippen LogP contribution in [0.15, 0.2) is 36.4 Å². The molecule has 3 aromatic rings. The van der Waals surface area contributed by atoms with Crippen LogP contribution in [0, 0.1) is 0 Å². The van der Waals surface area contributed by atoms with E-state index in [0.29, 0.717) is 16.1 Å². The number of esters is 2. The molecule has 4 rings (SSSR count). The smallest absolute Gasteiger partial charge is 0.357 e. The highest BCUT2D eigenvalue weighted by Crippen LogP contribution is 2.39. The summed E-state index contributed by atoms with van der Waals surface area (Å²) in [6.07, 6.45) is 2.65. The van der Waals surface area contributed by atoms with Crippen molar-refractivity contribution in [2.45, 2.75) is 19.3 Å². The van der Waals surface area contributed by atoms with Crippen molar-refractivity contribution in [3.8, 4) is 0 Å². The molecule has 0 saturated heterocycles. The molecule has 0 fully saturated rings. The number of hydrogen-bond acceptors (Lipinski definition) is 7. The zero-order valence-electron chi connectivity index (χ0n) is 15.7. The number of rotatable bonds is 5. The zero-order chi connectivity index (χ0) is 20.4. The number of nitrogens with zero attached hydrogens (tertiary/aromatic N) is 1. The Morgan fingerprint density at radius 2 is 1.93 bits per heavy atom. The number of fused-ring (bicyclic) bond motifs is 2. The molecule has 1 aromatic carbocycles. The topological polar surface area (TPSA) is 94.6 Å². The summed E-state index contributed by atoms with van der Waals surface area (Å²) >= 11 is 1.37. The average Bonchev–Trinajstić information content (AvgIpc) is 3.32. The van der Waals surface area contributed by atoms with Gasteiger partial charge in [0, 0.05) is 10.3 Å². The van der Waals surface area contributed by atoms with E-state index in [1.54, 1.807) is 18.2 Å². The summed E-state index contributed by atoms with van der Waals surface area (Å²) in [5.41, 5.74) is 2.14. The minimum Gasteiger partial charge on any atom is -0.465 e. The summed E-state index contributed by atoms with van der Waals surface area (Å²) in [5, 5.41) is 4.01. The second kappa shape index (κ2) is 8.00. The first-order chi connectivity index (χ1) is 14.1. The summed E-state index contributed by atoms with van der Waals surface area (Å²) in [6, 6.07) is 10.7. The molecule has 0 bridgehead atoms. The lowest BCUT2D eigenvalue weighted by Gasteiger charge is -2.08. The normalized spacial score (nSPS) is 12.4. The van der Waals surface area contributed by atoms with Crippen LogP contribution in [0.2, 0.25) is 0 Å². The Bertz CT molecular complexity index is 1120. The summed E-state index contributed by atoms with van der Waals surface area (Å²) in [4.78, 5) is 42.0. The molecule has 0 saturated carbocycles. The van der Waals surface area contributed by atoms with Crippen LogP contribution in [-0.4, -0.2) is 36.5 Å². The molecule has 7 nitrogen and oxygen atoms in total. The summed E-state index contributed by atoms with van der Waals surface area (Å²) < 4.78 is 9.95. The fourth-order valence-corrected chi connectivity index (χ4v) is 4.65. The molecule has 1 aliphatic rings. The van der Waals surface area contributed by atoms with Crippen LogP contribution in [0.1, 0.15) is 37.7 Å². The van der Waals surface area contributed by atoms with Gasteiger partial charge in [-0.3, -0.25) is 4.79 Å². The maximum absolute atomic E-state index is 12.3. The van der Waals surface area contributed by atoms with Crippen LogP contribution in [0.4, 0.5) is 5.00 Å². The fraction of sp³-hybridized carbons (Fsp3) is 0.238. The van der Waals surface area contributed by atoms with E-state index in [-0.39, 0.29) is 5.69 Å². The number of methoxy groups -OCH3 is 1. The molecule has 0 radical (unpaired) electrons. The highest BCUT2D eigenvalue weighted by Gasteiger charge is 2.28. The minimum absolute atomic E-state index is 0.127. The van der Waals surface area contributed by atoms with E-state index in [9.17, 15) is 14.4 Å². The number of hydrogen-bond donors (Lipinski definition) is 1. The van der Waals surface area contributed by atoms with Crippen LogP contribution < -0.4 is 5.32 Å². The Labute approximate surface area is 170 Å². The quantitative estimate of drug-likeness (QED) is 0.648. The van der Waals surface area contributed by atoms with E-state index in [1.165, 1.54) is 18.4 Å². The average molecular weight is 410 g/mol. The standard InChI is InChI=1S/C21H18N2O5S/c1-27-21(26)18-13-6-4-8-16(13)29-19(18)23-17(24)11-28-20(25)15-10-9-12-5-2-3-7-14(12)22-15/h2-3,5,7,9-10H,4,6,8,11H2,1H3,(H,23,24). The van der Waals surface area contributed by atoms with Crippen molar-refractivity contribution in [1.82, 2.24) is 4.98 Å². The first-order valence-electron chi connectivity index (χ1n) is 9.12. The third-order valence-corrected chi connectivity index (χ3v) is 5.91. The Hall–Kier alpha value is -3.26. The van der Waals surface area contributed by atoms with Gasteiger partial charge in [-0.05, 0) is 37.0 Å². The molecule has 2 aromatic heterocycles. The summed E-state index contributed by atoms with van der Waals surface area (Å²) in [5.74, 6) is -1.69. The maximum Gasteiger partial charge on any atom is 0.357 e. The van der Waals surface area contributed by atoms with Crippen molar-refractivity contribution in [2.75, 3.05) is 19.0 Å². The number of benzene rings is 1. The number of amides is 1. The molecule has 148 valence electrons. The molecule has 2 heterocycles. The third-order valence-electron chi connectivity index (χ3n) is 4.71. The van der Waals surface area contributed by atoms with Gasteiger partial charge in [-0.1, -0.05) is 24.3 Å². The molecule has 0 atom stereocenters. The van der Waals surface area contributed by atoms with Gasteiger partial charge in [0.15, 0.2) is 6.61 Å². The van der Waals surface area contributed by atoms with Gasteiger partial charge in [-0.15, -0.1) is 11.3 Å². The first-order valence-corrected chi connectivity index (χ1v) is 9.94. The van der Waals surface area contributed by atoms with Gasteiger partial charge in [0.1, 0.15) is 10.7 Å². The van der Waals surface area contributed by atoms with E-state index in [2.05, 4.69) is 10.3 Å². The number of carbonyl (C=O) groups excluding carboxylic acids is 3. The van der Waals surface area contributed by atoms with E-state index in [0.717, 1.165) is 35.1 Å². The highest BCUT2D eigenvalue weighted by atomic mass is 32.1. The minimum atomic E-state index is -0.687. The second-order valence-electron chi connectivity index (χ2n) is 6.57. The number of nitrogens with one attached hydrogen (secondary N) is 1. The van der Waals surface area contributed by atoms with Gasteiger partial charge in [0.05, 0.1) is 18.2 Å². The molecule has 1 aliphatic carbocycles. The van der Waals surface area contributed by atoms with E-state index < -0.39 is 24.5 Å². The number of anilines is 1. The van der Waals surface area contributed by atoms with Crippen LogP contribution in [0.3, 0.4) is 0 Å². The largest absolute Gasteiger partial charge is 0.465 e. The number of aryl methyl sites for hydroxylation is 1. The van der Waals surface area contributed by atoms with Crippen LogP contribution in [0.25, 0.3) is 10.9 Å². The molecule has 0 spiro atoms. The van der Waals surface area contributed by atoms with Crippen molar-refractivity contribution < 1.29 is 23.9 Å². The molecule has 0 aliphatic heterocycles. The Morgan fingerprint density at radius 3 is 2.76 bits per heavy atom. The van der Waals surface area contributed by atoms with Crippen LogP contribution in [-0.2, 0) is 27.1 Å². The predicted molar refractivity (Wildman–Crippen MR) is 108 cm³/mol. The molecular weight excluding hydrogens is 392 g/mol. The molecular formula is C21H18N2O5S. The van der Waals surface area contributed by atoms with Gasteiger partial charge in [-0.25, -0.2) is 14.6 Å². The predicted octanol–water partition coefficient (Wildman–Crippen LogP) is 3.37. The lowest BCUT2D eigenvalue weighted by molar-refractivity contribution is -0.119. The number of pyridine rings is 1. The van der Waals surface area contributed by atoms with Gasteiger partial charge < -0.3 is 14.8 Å². The number of aromatic nitrogens is 1. The Morgan fingerprint density at radius 1 is 1.10 bits per heavy atom. The number of carbonyl (C=O) groups is 3. The third kappa shape index (κ3) is 3.84. The number of para-hydroxylation sites is 1. The molecule has 1 amide bonds. The zero-order valence-corrected chi connectivity index (χ0v) is 16.5. The van der Waals surface area contributed by atoms with Gasteiger partial charge in [0.2, 0.25) is 0 Å². The molecule has 8 heteroatoms. The summed E-state index contributed by atoms with van der Waals surface area (Å²) in [7, 11) is 1.31. The van der Waals surface area contributed by atoms with E-state index in [4.69, 9.17) is 9.47 Å². The van der Waals surface area contributed by atoms with Gasteiger partial charge >= 0.3 is 11.9 Å². The van der Waals surface area contributed by atoms with Crippen molar-refractivity contribution >= 4 is 45.1 Å². The number of thiophene rings is 1. The number of ether oxygens (including phenoxy) is 2. The van der Waals surface area contributed by atoms with Crippen LogP contribution in [0.5, 0.6) is 0 Å². The molecule has 29 heavy (non-hydrogen) atoms. The lowest BCUT2D eigenvalue weighted by atomic mass is 10.1. The Kier molecular flexibility index (Phi) is 5.26. The molecule has 0 unspecified atom stereocenters. The van der Waals surface area contributed by atoms with Crippen molar-refractivity contribution in [3.63, 3.8) is 0 Å². The van der Waals surface area contributed by atoms with E-state index >= 15 is 0 Å². The van der Waals surface area contributed by atoms with Crippen molar-refractivity contribution in [3.05, 3.63) is 58.1 Å². The summed E-state index contributed by atoms with van der Waals surface area (Å²) in [6.45, 7) is -0.476. The second-order valence-corrected chi connectivity index (χ2v) is 7.67. The SMILES string of the molecule is COC(=O)c1c(NC(=O)COC(=O)c2ccc3ccccc3n2)sc2c1CCC2.